The van der Waals surface area contributed by atoms with E-state index in [9.17, 15) is 12.8 Å². The van der Waals surface area contributed by atoms with E-state index in [2.05, 4.69) is 4.72 Å². The molecule has 1 rings (SSSR count). The molecule has 0 aliphatic heterocycles. The largest absolute Gasteiger partial charge is 0.396 e. The first-order valence-corrected chi connectivity index (χ1v) is 7.95. The van der Waals surface area contributed by atoms with E-state index in [0.29, 0.717) is 12.0 Å². The summed E-state index contributed by atoms with van der Waals surface area (Å²) in [5.74, 6) is -0.553. The number of hydrogen-bond donors (Lipinski definition) is 2. The fraction of sp³-hybridized carbons (Fsp3) is 0.571. The van der Waals surface area contributed by atoms with Crippen molar-refractivity contribution in [3.63, 3.8) is 0 Å². The van der Waals surface area contributed by atoms with Gasteiger partial charge in [-0.3, -0.25) is 0 Å². The van der Waals surface area contributed by atoms with Crippen molar-refractivity contribution >= 4 is 10.0 Å². The Hall–Kier alpha value is -0.980. The van der Waals surface area contributed by atoms with Crippen LogP contribution in [0.2, 0.25) is 0 Å². The van der Waals surface area contributed by atoms with E-state index in [-0.39, 0.29) is 16.9 Å². The normalized spacial score (nSPS) is 14.3. The van der Waals surface area contributed by atoms with Gasteiger partial charge in [0.05, 0.1) is 4.90 Å². The van der Waals surface area contributed by atoms with Crippen molar-refractivity contribution < 1.29 is 17.9 Å². The molecule has 0 spiro atoms. The zero-order valence-corrected chi connectivity index (χ0v) is 13.1. The van der Waals surface area contributed by atoms with Crippen LogP contribution in [0.1, 0.15) is 32.8 Å². The third-order valence-electron chi connectivity index (χ3n) is 3.21. The highest BCUT2D eigenvalue weighted by Crippen LogP contribution is 2.24. The average molecular weight is 303 g/mol. The minimum absolute atomic E-state index is 0.104. The van der Waals surface area contributed by atoms with Gasteiger partial charge in [0.2, 0.25) is 10.0 Å². The summed E-state index contributed by atoms with van der Waals surface area (Å²) in [5, 5.41) is 9.05. The zero-order valence-electron chi connectivity index (χ0n) is 12.3. The Morgan fingerprint density at radius 3 is 2.40 bits per heavy atom. The molecule has 114 valence electrons. The third kappa shape index (κ3) is 4.26. The second-order valence-electron chi connectivity index (χ2n) is 5.96. The van der Waals surface area contributed by atoms with Gasteiger partial charge in [0.1, 0.15) is 5.82 Å². The van der Waals surface area contributed by atoms with E-state index in [4.69, 9.17) is 5.11 Å². The van der Waals surface area contributed by atoms with Gasteiger partial charge in [-0.1, -0.05) is 26.8 Å². The lowest BCUT2D eigenvalue weighted by molar-refractivity contribution is 0.214. The van der Waals surface area contributed by atoms with Gasteiger partial charge in [0.25, 0.3) is 0 Å². The Morgan fingerprint density at radius 2 is 1.95 bits per heavy atom. The zero-order chi connectivity index (χ0) is 15.6. The van der Waals surface area contributed by atoms with Gasteiger partial charge < -0.3 is 5.11 Å². The molecule has 0 saturated heterocycles. The van der Waals surface area contributed by atoms with Crippen LogP contribution in [0.3, 0.4) is 0 Å². The maximum absolute atomic E-state index is 13.5. The number of nitrogens with one attached hydrogen (secondary N) is 1. The number of aliphatic hydroxyl groups excluding tert-OH is 1. The molecule has 1 unspecified atom stereocenters. The van der Waals surface area contributed by atoms with Crippen LogP contribution < -0.4 is 4.72 Å². The third-order valence-corrected chi connectivity index (χ3v) is 4.68. The van der Waals surface area contributed by atoms with Gasteiger partial charge in [-0.25, -0.2) is 17.5 Å². The highest BCUT2D eigenvalue weighted by atomic mass is 32.2. The van der Waals surface area contributed by atoms with Gasteiger partial charge in [-0.05, 0) is 36.5 Å². The Bertz CT molecular complexity index is 564. The van der Waals surface area contributed by atoms with Crippen LogP contribution in [0.4, 0.5) is 4.39 Å². The minimum atomic E-state index is -3.81. The van der Waals surface area contributed by atoms with Crippen molar-refractivity contribution in [2.24, 2.45) is 5.41 Å². The van der Waals surface area contributed by atoms with Crippen molar-refractivity contribution in [2.75, 3.05) is 6.61 Å². The lowest BCUT2D eigenvalue weighted by Crippen LogP contribution is -2.44. The summed E-state index contributed by atoms with van der Waals surface area (Å²) in [5.41, 5.74) is 0.0469. The molecule has 1 atom stereocenters. The Balaban J connectivity index is 3.06. The van der Waals surface area contributed by atoms with Gasteiger partial charge in [-0.15, -0.1) is 0 Å². The predicted octanol–water partition coefficient (Wildman–Crippen LogP) is 2.21. The molecule has 20 heavy (non-hydrogen) atoms. The molecule has 0 saturated carbocycles. The molecule has 0 aliphatic carbocycles. The summed E-state index contributed by atoms with van der Waals surface area (Å²) in [6.45, 7) is 7.10. The Morgan fingerprint density at radius 1 is 1.35 bits per heavy atom. The number of halogens is 1. The van der Waals surface area contributed by atoms with Gasteiger partial charge >= 0.3 is 0 Å². The number of sulfonamides is 1. The maximum atomic E-state index is 13.5. The van der Waals surface area contributed by atoms with Gasteiger partial charge in [0, 0.05) is 12.6 Å². The molecule has 1 aromatic rings. The standard InChI is InChI=1S/C14H22FNO3S/c1-10-5-6-11(9-12(10)15)20(18,19)16-13(7-8-17)14(2,3)4/h5-6,9,13,16-17H,7-8H2,1-4H3. The molecular formula is C14H22FNO3S. The Labute approximate surface area is 120 Å². The van der Waals surface area contributed by atoms with Crippen LogP contribution in [0.5, 0.6) is 0 Å². The molecule has 0 amide bonds. The summed E-state index contributed by atoms with van der Waals surface area (Å²) in [6, 6.07) is 3.39. The van der Waals surface area contributed by atoms with Crippen LogP contribution in [-0.2, 0) is 10.0 Å². The van der Waals surface area contributed by atoms with Crippen molar-refractivity contribution in [2.45, 2.75) is 45.1 Å². The van der Waals surface area contributed by atoms with Crippen molar-refractivity contribution in [3.05, 3.63) is 29.6 Å². The molecule has 4 nitrogen and oxygen atoms in total. The lowest BCUT2D eigenvalue weighted by Gasteiger charge is -2.30. The van der Waals surface area contributed by atoms with Crippen LogP contribution in [0.25, 0.3) is 0 Å². The smallest absolute Gasteiger partial charge is 0.240 e. The number of aliphatic hydroxyl groups is 1. The minimum Gasteiger partial charge on any atom is -0.396 e. The molecule has 6 heteroatoms. The number of aryl methyl sites for hydroxylation is 1. The van der Waals surface area contributed by atoms with Crippen molar-refractivity contribution in [1.82, 2.24) is 4.72 Å². The van der Waals surface area contributed by atoms with Crippen molar-refractivity contribution in [1.29, 1.82) is 0 Å². The molecular weight excluding hydrogens is 281 g/mol. The summed E-state index contributed by atoms with van der Waals surface area (Å²) in [6.07, 6.45) is 0.303. The van der Waals surface area contributed by atoms with E-state index in [1.165, 1.54) is 12.1 Å². The topological polar surface area (TPSA) is 66.4 Å². The molecule has 0 fully saturated rings. The summed E-state index contributed by atoms with van der Waals surface area (Å²) in [4.78, 5) is -0.104. The van der Waals surface area contributed by atoms with Crippen LogP contribution >= 0.6 is 0 Å². The highest BCUT2D eigenvalue weighted by molar-refractivity contribution is 7.89. The second kappa shape index (κ2) is 6.20. The Kier molecular flexibility index (Phi) is 5.29. The first-order valence-electron chi connectivity index (χ1n) is 6.47. The maximum Gasteiger partial charge on any atom is 0.240 e. The first-order chi connectivity index (χ1) is 9.08. The average Bonchev–Trinajstić information content (AvgIpc) is 2.30. The van der Waals surface area contributed by atoms with Crippen LogP contribution in [0, 0.1) is 18.2 Å². The molecule has 0 radical (unpaired) electrons. The highest BCUT2D eigenvalue weighted by Gasteiger charge is 2.29. The van der Waals surface area contributed by atoms with E-state index < -0.39 is 21.9 Å². The van der Waals surface area contributed by atoms with Crippen molar-refractivity contribution in [3.8, 4) is 0 Å². The molecule has 1 aromatic carbocycles. The first kappa shape index (κ1) is 17.1. The number of benzene rings is 1. The van der Waals surface area contributed by atoms with E-state index in [1.807, 2.05) is 20.8 Å². The second-order valence-corrected chi connectivity index (χ2v) is 7.68. The van der Waals surface area contributed by atoms with E-state index in [0.717, 1.165) is 6.07 Å². The van der Waals surface area contributed by atoms with Crippen LogP contribution in [-0.4, -0.2) is 26.2 Å². The quantitative estimate of drug-likeness (QED) is 0.876. The number of rotatable bonds is 5. The molecule has 0 aromatic heterocycles. The molecule has 0 heterocycles. The fourth-order valence-electron chi connectivity index (χ4n) is 1.79. The summed E-state index contributed by atoms with van der Waals surface area (Å²) >= 11 is 0. The SMILES string of the molecule is Cc1ccc(S(=O)(=O)NC(CCO)C(C)(C)C)cc1F. The lowest BCUT2D eigenvalue weighted by atomic mass is 9.86. The summed E-state index contributed by atoms with van der Waals surface area (Å²) in [7, 11) is -3.81. The predicted molar refractivity (Wildman–Crippen MR) is 76.4 cm³/mol. The fourth-order valence-corrected chi connectivity index (χ4v) is 3.28. The van der Waals surface area contributed by atoms with E-state index >= 15 is 0 Å². The molecule has 2 N–H and O–H groups in total. The molecule has 0 bridgehead atoms. The van der Waals surface area contributed by atoms with Crippen LogP contribution in [0.15, 0.2) is 23.1 Å². The number of hydrogen-bond acceptors (Lipinski definition) is 3. The monoisotopic (exact) mass is 303 g/mol. The van der Waals surface area contributed by atoms with E-state index in [1.54, 1.807) is 6.92 Å². The summed E-state index contributed by atoms with van der Waals surface area (Å²) < 4.78 is 40.6. The molecule has 0 aliphatic rings. The van der Waals surface area contributed by atoms with Gasteiger partial charge in [-0.2, -0.15) is 0 Å². The van der Waals surface area contributed by atoms with Gasteiger partial charge in [0.15, 0.2) is 0 Å².